The second-order valence-corrected chi connectivity index (χ2v) is 7.74. The third kappa shape index (κ3) is 4.56. The predicted octanol–water partition coefficient (Wildman–Crippen LogP) is 6.30. The number of Topliss-reactive ketones (excluding diaryl/α,β-unsaturated/α-hetero) is 1. The predicted molar refractivity (Wildman–Crippen MR) is 126 cm³/mol. The van der Waals surface area contributed by atoms with Crippen molar-refractivity contribution in [1.82, 2.24) is 0 Å². The Balaban J connectivity index is 1.59. The lowest BCUT2D eigenvalue weighted by atomic mass is 10.1. The molecule has 2 N–H and O–H groups in total. The van der Waals surface area contributed by atoms with Crippen LogP contribution in [-0.2, 0) is 0 Å². The number of ketones is 1. The van der Waals surface area contributed by atoms with Gasteiger partial charge in [-0.25, -0.2) is 0 Å². The van der Waals surface area contributed by atoms with Gasteiger partial charge in [0.2, 0.25) is 5.76 Å². The first kappa shape index (κ1) is 21.7. The summed E-state index contributed by atoms with van der Waals surface area (Å²) < 4.78 is 10.9. The fourth-order valence-corrected chi connectivity index (χ4v) is 3.69. The molecule has 4 aromatic rings. The number of anilines is 2. The van der Waals surface area contributed by atoms with Gasteiger partial charge in [-0.1, -0.05) is 41.4 Å². The van der Waals surface area contributed by atoms with Crippen molar-refractivity contribution in [2.75, 3.05) is 24.3 Å². The average molecular weight is 469 g/mol. The molecule has 1 aromatic heterocycles. The molecule has 162 valence electrons. The molecule has 0 spiro atoms. The number of fused-ring (bicyclic) bond motifs is 1. The lowest BCUT2D eigenvalue weighted by Crippen LogP contribution is -2.17. The van der Waals surface area contributed by atoms with E-state index in [2.05, 4.69) is 10.6 Å². The lowest BCUT2D eigenvalue weighted by Gasteiger charge is -2.09. The number of nitrogens with one attached hydrogen (secondary N) is 2. The Hall–Kier alpha value is -3.48. The highest BCUT2D eigenvalue weighted by molar-refractivity contribution is 6.32. The quantitative estimate of drug-likeness (QED) is 0.311. The fraction of sp³-hybridized carbons (Fsp3) is 0.0833. The molecule has 0 unspecified atom stereocenters. The van der Waals surface area contributed by atoms with Crippen LogP contribution in [0.5, 0.6) is 5.75 Å². The van der Waals surface area contributed by atoms with Crippen molar-refractivity contribution in [2.45, 2.75) is 0 Å². The molecule has 0 aliphatic carbocycles. The lowest BCUT2D eigenvalue weighted by molar-refractivity contribution is 0.0991. The van der Waals surface area contributed by atoms with Crippen molar-refractivity contribution in [3.05, 3.63) is 88.1 Å². The molecule has 0 aliphatic rings. The third-order valence-corrected chi connectivity index (χ3v) is 5.31. The first-order valence-electron chi connectivity index (χ1n) is 9.65. The van der Waals surface area contributed by atoms with E-state index in [4.69, 9.17) is 32.4 Å². The van der Waals surface area contributed by atoms with E-state index >= 15 is 0 Å². The van der Waals surface area contributed by atoms with Crippen LogP contribution in [0.15, 0.2) is 71.1 Å². The number of amides is 1. The first-order valence-corrected chi connectivity index (χ1v) is 10.4. The van der Waals surface area contributed by atoms with Gasteiger partial charge < -0.3 is 19.8 Å². The Morgan fingerprint density at radius 1 is 1.00 bits per heavy atom. The number of hydrogen-bond acceptors (Lipinski definition) is 5. The maximum atomic E-state index is 12.9. The molecular weight excluding hydrogens is 451 g/mol. The molecule has 0 atom stereocenters. The molecule has 0 bridgehead atoms. The van der Waals surface area contributed by atoms with Crippen molar-refractivity contribution in [2.24, 2.45) is 0 Å². The van der Waals surface area contributed by atoms with Gasteiger partial charge in [0.05, 0.1) is 24.4 Å². The number of halogens is 2. The van der Waals surface area contributed by atoms with Crippen LogP contribution in [0.25, 0.3) is 11.0 Å². The minimum atomic E-state index is -0.467. The van der Waals surface area contributed by atoms with Gasteiger partial charge in [0, 0.05) is 21.7 Å². The Kier molecular flexibility index (Phi) is 6.35. The van der Waals surface area contributed by atoms with E-state index in [1.807, 2.05) is 12.1 Å². The van der Waals surface area contributed by atoms with Gasteiger partial charge >= 0.3 is 0 Å². The monoisotopic (exact) mass is 468 g/mol. The standard InChI is InChI=1S/C24H18Cl2N2O4/c1-31-21-10-9-14(11-18(21)26)19(29)13-27-22-17-7-2-3-8-20(17)32-23(22)24(30)28-16-6-4-5-15(25)12-16/h2-12,27H,13H2,1H3,(H,28,30). The number of ether oxygens (including phenoxy) is 1. The van der Waals surface area contributed by atoms with E-state index in [-0.39, 0.29) is 18.1 Å². The molecule has 6 nitrogen and oxygen atoms in total. The van der Waals surface area contributed by atoms with Gasteiger partial charge in [-0.15, -0.1) is 0 Å². The van der Waals surface area contributed by atoms with Gasteiger partial charge in [0.15, 0.2) is 5.78 Å². The Morgan fingerprint density at radius 3 is 2.56 bits per heavy atom. The molecule has 3 aromatic carbocycles. The zero-order chi connectivity index (χ0) is 22.7. The number of hydrogen-bond donors (Lipinski definition) is 2. The first-order chi connectivity index (χ1) is 15.5. The normalized spacial score (nSPS) is 10.7. The van der Waals surface area contributed by atoms with Crippen LogP contribution >= 0.6 is 23.2 Å². The number of methoxy groups -OCH3 is 1. The van der Waals surface area contributed by atoms with Crippen LogP contribution < -0.4 is 15.4 Å². The van der Waals surface area contributed by atoms with Crippen molar-refractivity contribution >= 4 is 57.2 Å². The van der Waals surface area contributed by atoms with E-state index in [1.54, 1.807) is 54.6 Å². The summed E-state index contributed by atoms with van der Waals surface area (Å²) in [6.45, 7) is -0.0658. The Morgan fingerprint density at radius 2 is 1.81 bits per heavy atom. The summed E-state index contributed by atoms with van der Waals surface area (Å²) in [6, 6.07) is 18.8. The van der Waals surface area contributed by atoms with E-state index in [1.165, 1.54) is 7.11 Å². The van der Waals surface area contributed by atoms with E-state index in [0.29, 0.717) is 43.7 Å². The molecule has 0 aliphatic heterocycles. The van der Waals surface area contributed by atoms with E-state index in [9.17, 15) is 9.59 Å². The Bertz CT molecular complexity index is 1320. The van der Waals surface area contributed by atoms with Crippen LogP contribution in [0, 0.1) is 0 Å². The molecule has 1 heterocycles. The maximum Gasteiger partial charge on any atom is 0.293 e. The number of rotatable bonds is 7. The largest absolute Gasteiger partial charge is 0.495 e. The van der Waals surface area contributed by atoms with Crippen LogP contribution in [-0.4, -0.2) is 25.3 Å². The zero-order valence-corrected chi connectivity index (χ0v) is 18.5. The molecule has 0 saturated carbocycles. The molecule has 4 rings (SSSR count). The average Bonchev–Trinajstić information content (AvgIpc) is 3.16. The second-order valence-electron chi connectivity index (χ2n) is 6.89. The minimum Gasteiger partial charge on any atom is -0.495 e. The van der Waals surface area contributed by atoms with E-state index < -0.39 is 5.91 Å². The highest BCUT2D eigenvalue weighted by atomic mass is 35.5. The van der Waals surface area contributed by atoms with Crippen molar-refractivity contribution in [3.8, 4) is 5.75 Å². The number of carbonyl (C=O) groups excluding carboxylic acids is 2. The molecule has 0 saturated heterocycles. The highest BCUT2D eigenvalue weighted by Crippen LogP contribution is 2.32. The van der Waals surface area contributed by atoms with Gasteiger partial charge in [-0.3, -0.25) is 9.59 Å². The molecular formula is C24H18Cl2N2O4. The summed E-state index contributed by atoms with van der Waals surface area (Å²) in [5, 5.41) is 7.34. The van der Waals surface area contributed by atoms with Gasteiger partial charge in [0.1, 0.15) is 11.3 Å². The van der Waals surface area contributed by atoms with Crippen LogP contribution in [0.3, 0.4) is 0 Å². The molecule has 0 radical (unpaired) electrons. The number of carbonyl (C=O) groups is 2. The van der Waals surface area contributed by atoms with Crippen LogP contribution in [0.4, 0.5) is 11.4 Å². The molecule has 8 heteroatoms. The fourth-order valence-electron chi connectivity index (χ4n) is 3.25. The van der Waals surface area contributed by atoms with Crippen molar-refractivity contribution < 1.29 is 18.7 Å². The van der Waals surface area contributed by atoms with Gasteiger partial charge in [-0.2, -0.15) is 0 Å². The van der Waals surface area contributed by atoms with E-state index in [0.717, 1.165) is 0 Å². The number of furan rings is 1. The summed E-state index contributed by atoms with van der Waals surface area (Å²) in [6.07, 6.45) is 0. The zero-order valence-electron chi connectivity index (χ0n) is 16.9. The molecule has 32 heavy (non-hydrogen) atoms. The minimum absolute atomic E-state index is 0.0618. The van der Waals surface area contributed by atoms with Gasteiger partial charge in [-0.05, 0) is 48.5 Å². The SMILES string of the molecule is COc1ccc(C(=O)CNc2c(C(=O)Nc3cccc(Cl)c3)oc3ccccc23)cc1Cl. The third-order valence-electron chi connectivity index (χ3n) is 4.78. The summed E-state index contributed by atoms with van der Waals surface area (Å²) in [5.74, 6) is -0.129. The topological polar surface area (TPSA) is 80.6 Å². The maximum absolute atomic E-state index is 12.9. The van der Waals surface area contributed by atoms with Crippen molar-refractivity contribution in [3.63, 3.8) is 0 Å². The molecule has 1 amide bonds. The second kappa shape index (κ2) is 9.34. The highest BCUT2D eigenvalue weighted by Gasteiger charge is 2.22. The summed E-state index contributed by atoms with van der Waals surface area (Å²) >= 11 is 12.1. The van der Waals surface area contributed by atoms with Crippen LogP contribution in [0.2, 0.25) is 10.0 Å². The number of para-hydroxylation sites is 1. The summed E-state index contributed by atoms with van der Waals surface area (Å²) in [5.41, 5.74) is 1.89. The van der Waals surface area contributed by atoms with Crippen LogP contribution in [0.1, 0.15) is 20.9 Å². The smallest absolute Gasteiger partial charge is 0.293 e. The Labute approximate surface area is 194 Å². The number of benzene rings is 3. The molecule has 0 fully saturated rings. The van der Waals surface area contributed by atoms with Gasteiger partial charge in [0.25, 0.3) is 5.91 Å². The summed E-state index contributed by atoms with van der Waals surface area (Å²) in [7, 11) is 1.50. The summed E-state index contributed by atoms with van der Waals surface area (Å²) in [4.78, 5) is 25.7. The van der Waals surface area contributed by atoms with Crippen molar-refractivity contribution in [1.29, 1.82) is 0 Å².